The molecule has 1 aromatic heterocycles. The Bertz CT molecular complexity index is 830. The zero-order chi connectivity index (χ0) is 17.2. The van der Waals surface area contributed by atoms with E-state index in [4.69, 9.17) is 5.11 Å². The number of carboxylic acids is 1. The van der Waals surface area contributed by atoms with Crippen molar-refractivity contribution in [3.63, 3.8) is 0 Å². The number of carboxylic acid groups (broad SMARTS) is 1. The van der Waals surface area contributed by atoms with Crippen molar-refractivity contribution in [1.29, 1.82) is 0 Å². The Morgan fingerprint density at radius 3 is 2.57 bits per heavy atom. The van der Waals surface area contributed by atoms with Gasteiger partial charge < -0.3 is 9.67 Å². The maximum atomic E-state index is 14.0. The van der Waals surface area contributed by atoms with Gasteiger partial charge in [-0.2, -0.15) is 4.31 Å². The lowest BCUT2D eigenvalue weighted by molar-refractivity contribution is 0.0696. The van der Waals surface area contributed by atoms with Gasteiger partial charge in [0.1, 0.15) is 10.7 Å². The second-order valence-corrected chi connectivity index (χ2v) is 7.07. The van der Waals surface area contributed by atoms with Gasteiger partial charge in [0.25, 0.3) is 0 Å². The van der Waals surface area contributed by atoms with Gasteiger partial charge in [-0.1, -0.05) is 0 Å². The molecule has 2 rings (SSSR count). The molecule has 6 nitrogen and oxygen atoms in total. The molecule has 0 saturated carbocycles. The molecule has 0 aliphatic rings. The van der Waals surface area contributed by atoms with E-state index in [1.54, 1.807) is 6.07 Å². The summed E-state index contributed by atoms with van der Waals surface area (Å²) in [5, 5.41) is 8.80. The molecule has 8 heteroatoms. The monoisotopic (exact) mass is 340 g/mol. The van der Waals surface area contributed by atoms with E-state index in [1.807, 2.05) is 23.9 Å². The maximum Gasteiger partial charge on any atom is 0.335 e. The van der Waals surface area contributed by atoms with Crippen LogP contribution in [-0.2, 0) is 23.1 Å². The fraction of sp³-hybridized carbons (Fsp3) is 0.267. The molecular formula is C15H17FN2O4S. The summed E-state index contributed by atoms with van der Waals surface area (Å²) in [7, 11) is -2.70. The predicted molar refractivity (Wildman–Crippen MR) is 82.1 cm³/mol. The average Bonchev–Trinajstić information content (AvgIpc) is 2.94. The van der Waals surface area contributed by atoms with Gasteiger partial charge in [-0.3, -0.25) is 0 Å². The zero-order valence-corrected chi connectivity index (χ0v) is 13.5. The predicted octanol–water partition coefficient (Wildman–Crippen LogP) is 2.17. The standard InChI is InChI=1S/C15H17FN2O4S/c1-3-18-7-6-11(10-18)9-17(2)23(21,22)14-5-4-12(15(19)20)8-13(14)16/h4-8,10H,3,9H2,1-2H3,(H,19,20). The van der Waals surface area contributed by atoms with Crippen molar-refractivity contribution in [1.82, 2.24) is 8.87 Å². The fourth-order valence-corrected chi connectivity index (χ4v) is 3.33. The molecule has 0 aliphatic carbocycles. The number of halogens is 1. The van der Waals surface area contributed by atoms with Crippen molar-refractivity contribution in [2.24, 2.45) is 0 Å². The Labute approximate surface area is 133 Å². The molecule has 0 bridgehead atoms. The van der Waals surface area contributed by atoms with Crippen molar-refractivity contribution >= 4 is 16.0 Å². The van der Waals surface area contributed by atoms with Crippen molar-refractivity contribution in [2.75, 3.05) is 7.05 Å². The summed E-state index contributed by atoms with van der Waals surface area (Å²) < 4.78 is 41.8. The highest BCUT2D eigenvalue weighted by Crippen LogP contribution is 2.21. The molecule has 1 heterocycles. The molecule has 0 fully saturated rings. The van der Waals surface area contributed by atoms with Crippen molar-refractivity contribution in [2.45, 2.75) is 24.9 Å². The first-order valence-corrected chi connectivity index (χ1v) is 8.33. The third-order valence-corrected chi connectivity index (χ3v) is 5.29. The van der Waals surface area contributed by atoms with Gasteiger partial charge in [0.2, 0.25) is 10.0 Å². The summed E-state index contributed by atoms with van der Waals surface area (Å²) >= 11 is 0. The first kappa shape index (κ1) is 17.2. The van der Waals surface area contributed by atoms with Crippen LogP contribution in [0.4, 0.5) is 4.39 Å². The second-order valence-electron chi connectivity index (χ2n) is 5.06. The topological polar surface area (TPSA) is 79.6 Å². The van der Waals surface area contributed by atoms with E-state index in [0.717, 1.165) is 28.5 Å². The molecular weight excluding hydrogens is 323 g/mol. The maximum absolute atomic E-state index is 14.0. The van der Waals surface area contributed by atoms with Crippen LogP contribution in [0.15, 0.2) is 41.6 Å². The minimum absolute atomic E-state index is 0.0927. The van der Waals surface area contributed by atoms with E-state index in [0.29, 0.717) is 6.07 Å². The molecule has 0 saturated heterocycles. The van der Waals surface area contributed by atoms with Gasteiger partial charge in [0.15, 0.2) is 0 Å². The highest BCUT2D eigenvalue weighted by molar-refractivity contribution is 7.89. The number of sulfonamides is 1. The van der Waals surface area contributed by atoms with Gasteiger partial charge in [-0.25, -0.2) is 17.6 Å². The van der Waals surface area contributed by atoms with Crippen molar-refractivity contribution in [3.05, 3.63) is 53.6 Å². The minimum atomic E-state index is -4.05. The molecule has 0 atom stereocenters. The van der Waals surface area contributed by atoms with Gasteiger partial charge >= 0.3 is 5.97 Å². The minimum Gasteiger partial charge on any atom is -0.478 e. The average molecular weight is 340 g/mol. The molecule has 0 unspecified atom stereocenters. The van der Waals surface area contributed by atoms with Crippen LogP contribution in [0.5, 0.6) is 0 Å². The molecule has 0 radical (unpaired) electrons. The first-order valence-electron chi connectivity index (χ1n) is 6.89. The van der Waals surface area contributed by atoms with E-state index in [-0.39, 0.29) is 12.1 Å². The number of aryl methyl sites for hydroxylation is 1. The lowest BCUT2D eigenvalue weighted by Crippen LogP contribution is -2.27. The van der Waals surface area contributed by atoms with Crippen LogP contribution in [0.1, 0.15) is 22.8 Å². The summed E-state index contributed by atoms with van der Waals surface area (Å²) in [5.41, 5.74) is 0.476. The van der Waals surface area contributed by atoms with Gasteiger partial charge in [0, 0.05) is 32.5 Å². The number of nitrogens with zero attached hydrogens (tertiary/aromatic N) is 2. The quantitative estimate of drug-likeness (QED) is 0.874. The Hall–Kier alpha value is -2.19. The largest absolute Gasteiger partial charge is 0.478 e. The third kappa shape index (κ3) is 3.59. The van der Waals surface area contributed by atoms with E-state index in [1.165, 1.54) is 7.05 Å². The number of aromatic nitrogens is 1. The normalized spacial score (nSPS) is 11.8. The number of carbonyl (C=O) groups is 1. The molecule has 1 aromatic carbocycles. The van der Waals surface area contributed by atoms with Crippen molar-refractivity contribution < 1.29 is 22.7 Å². The van der Waals surface area contributed by atoms with E-state index >= 15 is 0 Å². The summed E-state index contributed by atoms with van der Waals surface area (Å²) in [5.74, 6) is -2.40. The molecule has 0 amide bonds. The van der Waals surface area contributed by atoms with Crippen LogP contribution in [-0.4, -0.2) is 35.4 Å². The third-order valence-electron chi connectivity index (χ3n) is 3.45. The van der Waals surface area contributed by atoms with Gasteiger partial charge in [-0.15, -0.1) is 0 Å². The van der Waals surface area contributed by atoms with Gasteiger partial charge in [-0.05, 0) is 36.8 Å². The number of rotatable bonds is 6. The summed E-state index contributed by atoms with van der Waals surface area (Å²) in [6.07, 6.45) is 3.65. The van der Waals surface area contributed by atoms with Crippen LogP contribution in [0.2, 0.25) is 0 Å². The van der Waals surface area contributed by atoms with Crippen molar-refractivity contribution in [3.8, 4) is 0 Å². The number of hydrogen-bond acceptors (Lipinski definition) is 3. The Morgan fingerprint density at radius 1 is 1.35 bits per heavy atom. The molecule has 1 N–H and O–H groups in total. The first-order chi connectivity index (χ1) is 10.8. The summed E-state index contributed by atoms with van der Waals surface area (Å²) in [4.78, 5) is 10.2. The van der Waals surface area contributed by atoms with E-state index in [9.17, 15) is 17.6 Å². The Morgan fingerprint density at radius 2 is 2.04 bits per heavy atom. The van der Waals surface area contributed by atoms with E-state index < -0.39 is 26.7 Å². The summed E-state index contributed by atoms with van der Waals surface area (Å²) in [6, 6.07) is 4.54. The highest BCUT2D eigenvalue weighted by Gasteiger charge is 2.25. The Kier molecular flexibility index (Phi) is 4.86. The Balaban J connectivity index is 2.28. The van der Waals surface area contributed by atoms with Crippen LogP contribution in [0, 0.1) is 5.82 Å². The highest BCUT2D eigenvalue weighted by atomic mass is 32.2. The number of hydrogen-bond donors (Lipinski definition) is 1. The van der Waals surface area contributed by atoms with Crippen LogP contribution in [0.3, 0.4) is 0 Å². The van der Waals surface area contributed by atoms with Gasteiger partial charge in [0.05, 0.1) is 5.56 Å². The molecule has 0 aliphatic heterocycles. The molecule has 23 heavy (non-hydrogen) atoms. The summed E-state index contributed by atoms with van der Waals surface area (Å²) in [6.45, 7) is 2.82. The molecule has 0 spiro atoms. The van der Waals surface area contributed by atoms with E-state index in [2.05, 4.69) is 0 Å². The second kappa shape index (κ2) is 6.51. The lowest BCUT2D eigenvalue weighted by Gasteiger charge is -2.17. The smallest absolute Gasteiger partial charge is 0.335 e. The lowest BCUT2D eigenvalue weighted by atomic mass is 10.2. The zero-order valence-electron chi connectivity index (χ0n) is 12.7. The number of aromatic carboxylic acids is 1. The molecule has 2 aromatic rings. The fourth-order valence-electron chi connectivity index (χ4n) is 2.13. The molecule has 124 valence electrons. The van der Waals surface area contributed by atoms with Crippen LogP contribution < -0.4 is 0 Å². The SMILES string of the molecule is CCn1ccc(CN(C)S(=O)(=O)c2ccc(C(=O)O)cc2F)c1. The van der Waals surface area contributed by atoms with Crippen LogP contribution in [0.25, 0.3) is 0 Å². The van der Waals surface area contributed by atoms with Crippen LogP contribution >= 0.6 is 0 Å². The number of benzene rings is 1.